The molecule has 6 heteroatoms. The molecule has 1 saturated carbocycles. The Bertz CT molecular complexity index is 421. The van der Waals surface area contributed by atoms with E-state index >= 15 is 0 Å². The number of nitrogens with zero attached hydrogens (tertiary/aromatic N) is 2. The average Bonchev–Trinajstić information content (AvgIpc) is 2.53. The minimum absolute atomic E-state index is 0.406. The Hall–Kier alpha value is -1.40. The molecular formula is C15H27N5O. The maximum absolute atomic E-state index is 5.45. The summed E-state index contributed by atoms with van der Waals surface area (Å²) in [5, 5.41) is 3.38. The van der Waals surface area contributed by atoms with Crippen LogP contribution >= 0.6 is 0 Å². The second-order valence-electron chi connectivity index (χ2n) is 5.56. The van der Waals surface area contributed by atoms with Crippen molar-refractivity contribution < 1.29 is 4.74 Å². The van der Waals surface area contributed by atoms with Gasteiger partial charge in [-0.15, -0.1) is 0 Å². The van der Waals surface area contributed by atoms with Crippen molar-refractivity contribution in [3.63, 3.8) is 0 Å². The first-order chi connectivity index (χ1) is 10.3. The molecule has 6 nitrogen and oxygen atoms in total. The van der Waals surface area contributed by atoms with Gasteiger partial charge < -0.3 is 15.5 Å². The van der Waals surface area contributed by atoms with E-state index in [1.54, 1.807) is 0 Å². The van der Waals surface area contributed by atoms with Crippen LogP contribution in [0.3, 0.4) is 0 Å². The number of anilines is 2. The van der Waals surface area contributed by atoms with Crippen LogP contribution in [0.1, 0.15) is 51.3 Å². The maximum atomic E-state index is 5.45. The number of hydrazine groups is 1. The Labute approximate surface area is 126 Å². The lowest BCUT2D eigenvalue weighted by atomic mass is 9.87. The SMILES string of the molecule is CCOCc1nc(NN)cc(NCCC2CCCCC2)n1. The highest BCUT2D eigenvalue weighted by molar-refractivity contribution is 5.46. The van der Waals surface area contributed by atoms with Gasteiger partial charge in [-0.3, -0.25) is 0 Å². The summed E-state index contributed by atoms with van der Waals surface area (Å²) >= 11 is 0. The van der Waals surface area contributed by atoms with Crippen molar-refractivity contribution in [1.29, 1.82) is 0 Å². The molecule has 1 aliphatic rings. The van der Waals surface area contributed by atoms with Gasteiger partial charge in [0.05, 0.1) is 0 Å². The fraction of sp³-hybridized carbons (Fsp3) is 0.733. The van der Waals surface area contributed by atoms with Crippen LogP contribution in [-0.4, -0.2) is 23.1 Å². The minimum atomic E-state index is 0.406. The van der Waals surface area contributed by atoms with Crippen LogP contribution in [0.2, 0.25) is 0 Å². The monoisotopic (exact) mass is 293 g/mol. The molecule has 1 fully saturated rings. The van der Waals surface area contributed by atoms with Gasteiger partial charge >= 0.3 is 0 Å². The van der Waals surface area contributed by atoms with Crippen molar-refractivity contribution >= 4 is 11.6 Å². The van der Waals surface area contributed by atoms with Gasteiger partial charge in [-0.2, -0.15) is 0 Å². The zero-order valence-electron chi connectivity index (χ0n) is 12.9. The summed E-state index contributed by atoms with van der Waals surface area (Å²) in [5.41, 5.74) is 2.58. The first kappa shape index (κ1) is 16.0. The second kappa shape index (κ2) is 8.79. The Kier molecular flexibility index (Phi) is 6.69. The quantitative estimate of drug-likeness (QED) is 0.505. The molecule has 1 aromatic rings. The Morgan fingerprint density at radius 2 is 2.00 bits per heavy atom. The Balaban J connectivity index is 1.85. The van der Waals surface area contributed by atoms with Gasteiger partial charge in [0.2, 0.25) is 0 Å². The summed E-state index contributed by atoms with van der Waals surface area (Å²) in [6.07, 6.45) is 8.13. The van der Waals surface area contributed by atoms with E-state index in [0.717, 1.165) is 18.3 Å². The molecule has 0 atom stereocenters. The molecule has 0 saturated heterocycles. The summed E-state index contributed by atoms with van der Waals surface area (Å²) in [7, 11) is 0. The van der Waals surface area contributed by atoms with E-state index in [1.807, 2.05) is 13.0 Å². The highest BCUT2D eigenvalue weighted by atomic mass is 16.5. The molecule has 1 heterocycles. The molecule has 4 N–H and O–H groups in total. The summed E-state index contributed by atoms with van der Waals surface area (Å²) in [6, 6.07) is 1.83. The molecule has 21 heavy (non-hydrogen) atoms. The smallest absolute Gasteiger partial charge is 0.158 e. The highest BCUT2D eigenvalue weighted by Gasteiger charge is 2.13. The van der Waals surface area contributed by atoms with E-state index in [0.29, 0.717) is 24.9 Å². The fourth-order valence-electron chi connectivity index (χ4n) is 2.80. The number of nitrogens with two attached hydrogens (primary N) is 1. The highest BCUT2D eigenvalue weighted by Crippen LogP contribution is 2.26. The van der Waals surface area contributed by atoms with Crippen LogP contribution < -0.4 is 16.6 Å². The summed E-state index contributed by atoms with van der Waals surface area (Å²) in [5.74, 6) is 8.38. The van der Waals surface area contributed by atoms with Crippen LogP contribution in [0.5, 0.6) is 0 Å². The second-order valence-corrected chi connectivity index (χ2v) is 5.56. The molecule has 0 unspecified atom stereocenters. The van der Waals surface area contributed by atoms with Gasteiger partial charge in [0.15, 0.2) is 5.82 Å². The van der Waals surface area contributed by atoms with Crippen LogP contribution in [0.25, 0.3) is 0 Å². The van der Waals surface area contributed by atoms with Crippen molar-refractivity contribution in [3.05, 3.63) is 11.9 Å². The summed E-state index contributed by atoms with van der Waals surface area (Å²) in [4.78, 5) is 8.73. The molecule has 1 aliphatic carbocycles. The van der Waals surface area contributed by atoms with Gasteiger partial charge in [0, 0.05) is 19.2 Å². The van der Waals surface area contributed by atoms with E-state index in [4.69, 9.17) is 10.6 Å². The van der Waals surface area contributed by atoms with Crippen LogP contribution in [0.4, 0.5) is 11.6 Å². The molecule has 1 aromatic heterocycles. The molecule has 0 spiro atoms. The van der Waals surface area contributed by atoms with E-state index in [-0.39, 0.29) is 0 Å². The third-order valence-corrected chi connectivity index (χ3v) is 3.94. The molecule has 0 amide bonds. The zero-order chi connectivity index (χ0) is 14.9. The van der Waals surface area contributed by atoms with E-state index < -0.39 is 0 Å². The molecular weight excluding hydrogens is 266 g/mol. The van der Waals surface area contributed by atoms with Gasteiger partial charge in [-0.05, 0) is 19.3 Å². The van der Waals surface area contributed by atoms with Crippen molar-refractivity contribution in [2.75, 3.05) is 23.9 Å². The first-order valence-electron chi connectivity index (χ1n) is 7.98. The van der Waals surface area contributed by atoms with E-state index in [1.165, 1.54) is 38.5 Å². The molecule has 0 bridgehead atoms. The third kappa shape index (κ3) is 5.47. The van der Waals surface area contributed by atoms with Crippen molar-refractivity contribution in [1.82, 2.24) is 9.97 Å². The molecule has 0 aromatic carbocycles. The summed E-state index contributed by atoms with van der Waals surface area (Å²) < 4.78 is 5.35. The van der Waals surface area contributed by atoms with Crippen molar-refractivity contribution in [2.45, 2.75) is 52.1 Å². The number of rotatable bonds is 8. The molecule has 2 rings (SSSR count). The number of ether oxygens (including phenoxy) is 1. The maximum Gasteiger partial charge on any atom is 0.158 e. The number of aromatic nitrogens is 2. The van der Waals surface area contributed by atoms with Gasteiger partial charge in [-0.25, -0.2) is 15.8 Å². The largest absolute Gasteiger partial charge is 0.374 e. The predicted molar refractivity (Wildman–Crippen MR) is 84.9 cm³/mol. The Morgan fingerprint density at radius 1 is 1.24 bits per heavy atom. The first-order valence-corrected chi connectivity index (χ1v) is 7.98. The van der Waals surface area contributed by atoms with Gasteiger partial charge in [0.1, 0.15) is 18.2 Å². The van der Waals surface area contributed by atoms with Crippen molar-refractivity contribution in [2.24, 2.45) is 11.8 Å². The number of hydrogen-bond acceptors (Lipinski definition) is 6. The standard InChI is InChI=1S/C15H27N5O/c1-2-21-11-15-18-13(10-14(19-15)20-16)17-9-8-12-6-4-3-5-7-12/h10,12H,2-9,11,16H2,1H3,(H2,17,18,19,20). The van der Waals surface area contributed by atoms with Crippen LogP contribution in [-0.2, 0) is 11.3 Å². The fourth-order valence-corrected chi connectivity index (χ4v) is 2.80. The summed E-state index contributed by atoms with van der Waals surface area (Å²) in [6.45, 7) is 3.95. The third-order valence-electron chi connectivity index (χ3n) is 3.94. The van der Waals surface area contributed by atoms with Gasteiger partial charge in [-0.1, -0.05) is 32.1 Å². The lowest BCUT2D eigenvalue weighted by molar-refractivity contribution is 0.128. The average molecular weight is 293 g/mol. The van der Waals surface area contributed by atoms with Crippen LogP contribution in [0.15, 0.2) is 6.07 Å². The molecule has 0 aliphatic heterocycles. The lowest BCUT2D eigenvalue weighted by Gasteiger charge is -2.21. The number of hydrogen-bond donors (Lipinski definition) is 3. The van der Waals surface area contributed by atoms with Crippen LogP contribution in [0, 0.1) is 5.92 Å². The van der Waals surface area contributed by atoms with Crippen molar-refractivity contribution in [3.8, 4) is 0 Å². The molecule has 118 valence electrons. The number of nitrogen functional groups attached to an aromatic ring is 1. The van der Waals surface area contributed by atoms with E-state index in [2.05, 4.69) is 20.7 Å². The normalized spacial score (nSPS) is 15.9. The predicted octanol–water partition coefficient (Wildman–Crippen LogP) is 2.68. The molecule has 0 radical (unpaired) electrons. The lowest BCUT2D eigenvalue weighted by Crippen LogP contribution is -2.15. The topological polar surface area (TPSA) is 85.1 Å². The minimum Gasteiger partial charge on any atom is -0.374 e. The Morgan fingerprint density at radius 3 is 2.71 bits per heavy atom. The zero-order valence-corrected chi connectivity index (χ0v) is 12.9. The van der Waals surface area contributed by atoms with E-state index in [9.17, 15) is 0 Å². The number of nitrogens with one attached hydrogen (secondary N) is 2. The van der Waals surface area contributed by atoms with Gasteiger partial charge in [0.25, 0.3) is 0 Å².